The van der Waals surface area contributed by atoms with Crippen LogP contribution in [-0.2, 0) is 0 Å². The number of anilines is 2. The summed E-state index contributed by atoms with van der Waals surface area (Å²) >= 11 is 1.61. The minimum atomic E-state index is 0.657. The number of benzene rings is 2. The van der Waals surface area contributed by atoms with Crippen LogP contribution in [0.1, 0.15) is 6.92 Å². The van der Waals surface area contributed by atoms with Crippen molar-refractivity contribution in [3.8, 4) is 22.6 Å². The summed E-state index contributed by atoms with van der Waals surface area (Å²) in [5.41, 5.74) is 3.16. The van der Waals surface area contributed by atoms with Crippen LogP contribution in [0.15, 0.2) is 60.2 Å². The van der Waals surface area contributed by atoms with Crippen LogP contribution < -0.4 is 14.8 Å². The third-order valence-electron chi connectivity index (χ3n) is 4.20. The number of ether oxygens (including phenoxy) is 2. The summed E-state index contributed by atoms with van der Waals surface area (Å²) in [6, 6.07) is 15.9. The quantitative estimate of drug-likeness (QED) is 0.480. The van der Waals surface area contributed by atoms with Crippen LogP contribution in [0.4, 0.5) is 11.5 Å². The minimum Gasteiger partial charge on any atom is -0.497 e. The summed E-state index contributed by atoms with van der Waals surface area (Å²) in [6.45, 7) is 2.64. The predicted molar refractivity (Wildman–Crippen MR) is 110 cm³/mol. The molecule has 0 amide bonds. The molecule has 0 unspecified atom stereocenters. The van der Waals surface area contributed by atoms with Crippen molar-refractivity contribution in [3.63, 3.8) is 0 Å². The van der Waals surface area contributed by atoms with Gasteiger partial charge in [-0.3, -0.25) is 0 Å². The molecule has 0 aliphatic rings. The van der Waals surface area contributed by atoms with Gasteiger partial charge in [-0.25, -0.2) is 9.97 Å². The molecule has 0 saturated heterocycles. The van der Waals surface area contributed by atoms with Crippen LogP contribution >= 0.6 is 11.3 Å². The van der Waals surface area contributed by atoms with Crippen LogP contribution in [0.5, 0.6) is 11.5 Å². The minimum absolute atomic E-state index is 0.657. The lowest BCUT2D eigenvalue weighted by Gasteiger charge is -2.09. The summed E-state index contributed by atoms with van der Waals surface area (Å²) in [7, 11) is 1.66. The first-order chi connectivity index (χ1) is 13.3. The predicted octanol–water partition coefficient (Wildman–Crippen LogP) is 5.51. The second-order valence-electron chi connectivity index (χ2n) is 5.86. The summed E-state index contributed by atoms with van der Waals surface area (Å²) in [5, 5.41) is 6.54. The van der Waals surface area contributed by atoms with Gasteiger partial charge in [-0.2, -0.15) is 0 Å². The molecule has 0 saturated carbocycles. The van der Waals surface area contributed by atoms with Gasteiger partial charge in [-0.15, -0.1) is 11.3 Å². The van der Waals surface area contributed by atoms with E-state index >= 15 is 0 Å². The second-order valence-corrected chi connectivity index (χ2v) is 6.72. The van der Waals surface area contributed by atoms with Crippen LogP contribution in [0.25, 0.3) is 21.3 Å². The Morgan fingerprint density at radius 1 is 0.963 bits per heavy atom. The molecule has 5 nitrogen and oxygen atoms in total. The van der Waals surface area contributed by atoms with Crippen molar-refractivity contribution in [2.45, 2.75) is 6.92 Å². The van der Waals surface area contributed by atoms with E-state index in [9.17, 15) is 0 Å². The number of nitrogens with one attached hydrogen (secondary N) is 1. The molecule has 27 heavy (non-hydrogen) atoms. The van der Waals surface area contributed by atoms with Crippen molar-refractivity contribution < 1.29 is 9.47 Å². The van der Waals surface area contributed by atoms with E-state index in [2.05, 4.69) is 32.8 Å². The smallest absolute Gasteiger partial charge is 0.143 e. The monoisotopic (exact) mass is 377 g/mol. The van der Waals surface area contributed by atoms with Gasteiger partial charge in [0, 0.05) is 16.6 Å². The number of fused-ring (bicyclic) bond motifs is 1. The average molecular weight is 377 g/mol. The molecule has 4 rings (SSSR count). The second kappa shape index (κ2) is 7.63. The fourth-order valence-electron chi connectivity index (χ4n) is 2.89. The number of thiophene rings is 1. The highest BCUT2D eigenvalue weighted by Gasteiger charge is 2.13. The Labute approximate surface area is 161 Å². The van der Waals surface area contributed by atoms with Gasteiger partial charge in [0.2, 0.25) is 0 Å². The van der Waals surface area contributed by atoms with E-state index in [0.717, 1.165) is 44.3 Å². The Kier molecular flexibility index (Phi) is 4.89. The van der Waals surface area contributed by atoms with Crippen molar-refractivity contribution in [2.24, 2.45) is 0 Å². The van der Waals surface area contributed by atoms with E-state index in [4.69, 9.17) is 9.47 Å². The first-order valence-electron chi connectivity index (χ1n) is 8.65. The number of aromatic nitrogens is 2. The molecule has 0 radical (unpaired) electrons. The van der Waals surface area contributed by atoms with E-state index in [-0.39, 0.29) is 0 Å². The fraction of sp³-hybridized carbons (Fsp3) is 0.143. The maximum Gasteiger partial charge on any atom is 0.143 e. The molecule has 136 valence electrons. The number of rotatable bonds is 6. The van der Waals surface area contributed by atoms with Crippen molar-refractivity contribution in [3.05, 3.63) is 60.2 Å². The Balaban J connectivity index is 1.72. The molecule has 2 aromatic heterocycles. The molecule has 0 fully saturated rings. The van der Waals surface area contributed by atoms with Gasteiger partial charge in [0.15, 0.2) is 0 Å². The van der Waals surface area contributed by atoms with Crippen LogP contribution in [0, 0.1) is 0 Å². The Morgan fingerprint density at radius 3 is 2.41 bits per heavy atom. The molecule has 0 aliphatic heterocycles. The van der Waals surface area contributed by atoms with Gasteiger partial charge in [0.25, 0.3) is 0 Å². The number of hydrogen-bond acceptors (Lipinski definition) is 6. The van der Waals surface area contributed by atoms with E-state index in [1.807, 2.05) is 43.3 Å². The van der Waals surface area contributed by atoms with Crippen LogP contribution in [0.3, 0.4) is 0 Å². The lowest BCUT2D eigenvalue weighted by atomic mass is 10.1. The Hall–Kier alpha value is -3.12. The summed E-state index contributed by atoms with van der Waals surface area (Å²) in [5.74, 6) is 2.47. The highest BCUT2D eigenvalue weighted by Crippen LogP contribution is 2.38. The Morgan fingerprint density at radius 2 is 1.70 bits per heavy atom. The molecule has 2 aromatic carbocycles. The molecule has 0 atom stereocenters. The first kappa shape index (κ1) is 17.3. The largest absolute Gasteiger partial charge is 0.497 e. The highest BCUT2D eigenvalue weighted by atomic mass is 32.1. The lowest BCUT2D eigenvalue weighted by Crippen LogP contribution is -1.96. The van der Waals surface area contributed by atoms with E-state index in [1.54, 1.807) is 24.8 Å². The van der Waals surface area contributed by atoms with Gasteiger partial charge in [-0.1, -0.05) is 12.1 Å². The van der Waals surface area contributed by atoms with Gasteiger partial charge >= 0.3 is 0 Å². The van der Waals surface area contributed by atoms with E-state index in [0.29, 0.717) is 6.61 Å². The summed E-state index contributed by atoms with van der Waals surface area (Å²) < 4.78 is 10.8. The average Bonchev–Trinajstić information content (AvgIpc) is 3.15. The van der Waals surface area contributed by atoms with Gasteiger partial charge in [-0.05, 0) is 48.9 Å². The van der Waals surface area contributed by atoms with Crippen molar-refractivity contribution in [1.82, 2.24) is 9.97 Å². The molecule has 1 N–H and O–H groups in total. The molecule has 0 aliphatic carbocycles. The molecular formula is C21H19N3O2S. The maximum atomic E-state index is 5.54. The molecule has 6 heteroatoms. The number of nitrogens with zero attached hydrogens (tertiary/aromatic N) is 2. The normalized spacial score (nSPS) is 10.7. The van der Waals surface area contributed by atoms with Crippen molar-refractivity contribution in [2.75, 3.05) is 19.0 Å². The Bertz CT molecular complexity index is 1040. The van der Waals surface area contributed by atoms with Gasteiger partial charge in [0.05, 0.1) is 19.1 Å². The van der Waals surface area contributed by atoms with E-state index < -0.39 is 0 Å². The van der Waals surface area contributed by atoms with Gasteiger partial charge < -0.3 is 14.8 Å². The molecule has 0 spiro atoms. The van der Waals surface area contributed by atoms with Crippen molar-refractivity contribution >= 4 is 33.1 Å². The zero-order valence-corrected chi connectivity index (χ0v) is 15.9. The van der Waals surface area contributed by atoms with Gasteiger partial charge in [0.1, 0.15) is 28.5 Å². The molecule has 4 aromatic rings. The number of methoxy groups -OCH3 is 1. The van der Waals surface area contributed by atoms with Crippen molar-refractivity contribution in [1.29, 1.82) is 0 Å². The SMILES string of the molecule is CCOc1ccc(-c2csc3ncnc(Nc4ccc(OC)cc4)c23)cc1. The zero-order valence-electron chi connectivity index (χ0n) is 15.1. The van der Waals surface area contributed by atoms with E-state index in [1.165, 1.54) is 0 Å². The molecule has 0 bridgehead atoms. The fourth-order valence-corrected chi connectivity index (χ4v) is 3.81. The summed E-state index contributed by atoms with van der Waals surface area (Å²) in [6.07, 6.45) is 1.59. The van der Waals surface area contributed by atoms with Crippen LogP contribution in [-0.4, -0.2) is 23.7 Å². The third-order valence-corrected chi connectivity index (χ3v) is 5.09. The van der Waals surface area contributed by atoms with Crippen LogP contribution in [0.2, 0.25) is 0 Å². The third kappa shape index (κ3) is 3.57. The molecule has 2 heterocycles. The number of hydrogen-bond donors (Lipinski definition) is 1. The first-order valence-corrected chi connectivity index (χ1v) is 9.53. The molecular weight excluding hydrogens is 358 g/mol. The standard InChI is InChI=1S/C21H19N3O2S/c1-3-26-17-8-4-14(5-9-17)18-12-27-21-19(18)20(22-13-23-21)24-15-6-10-16(25-2)11-7-15/h4-13H,3H2,1-2H3,(H,22,23,24). The summed E-state index contributed by atoms with van der Waals surface area (Å²) in [4.78, 5) is 9.85. The maximum absolute atomic E-state index is 5.54. The zero-order chi connectivity index (χ0) is 18.6. The lowest BCUT2D eigenvalue weighted by molar-refractivity contribution is 0.340. The topological polar surface area (TPSA) is 56.3 Å². The highest BCUT2D eigenvalue weighted by molar-refractivity contribution is 7.17.